The molecule has 0 spiro atoms. The molecule has 1 aromatic carbocycles. The molecule has 0 saturated carbocycles. The van der Waals surface area contributed by atoms with Crippen molar-refractivity contribution in [3.63, 3.8) is 0 Å². The molecule has 3 heteroatoms. The second-order valence-electron chi connectivity index (χ2n) is 6.21. The van der Waals surface area contributed by atoms with Gasteiger partial charge in [-0.05, 0) is 49.9 Å². The summed E-state index contributed by atoms with van der Waals surface area (Å²) in [6.45, 7) is 7.31. The Hall–Kier alpha value is -1.40. The zero-order valence-corrected chi connectivity index (χ0v) is 11.7. The molecule has 102 valence electrons. The molecule has 1 heterocycles. The Kier molecular flexibility index (Phi) is 4.21. The Morgan fingerprint density at radius 2 is 2.11 bits per heavy atom. The molecule has 0 atom stereocenters. The number of rotatable bonds is 2. The van der Waals surface area contributed by atoms with Crippen molar-refractivity contribution in [1.82, 2.24) is 4.90 Å². The van der Waals surface area contributed by atoms with Crippen molar-refractivity contribution in [3.8, 4) is 6.07 Å². The van der Waals surface area contributed by atoms with Crippen molar-refractivity contribution in [2.75, 3.05) is 13.1 Å². The van der Waals surface area contributed by atoms with Gasteiger partial charge >= 0.3 is 0 Å². The van der Waals surface area contributed by atoms with Crippen LogP contribution < -0.4 is 0 Å². The van der Waals surface area contributed by atoms with Gasteiger partial charge in [-0.2, -0.15) is 5.26 Å². The summed E-state index contributed by atoms with van der Waals surface area (Å²) in [5, 5.41) is 8.74. The third kappa shape index (κ3) is 3.78. The lowest BCUT2D eigenvalue weighted by Gasteiger charge is -2.23. The summed E-state index contributed by atoms with van der Waals surface area (Å²) in [5.74, 6) is -0.262. The minimum atomic E-state index is -0.262. The van der Waals surface area contributed by atoms with Crippen LogP contribution in [0.1, 0.15) is 44.2 Å². The standard InChI is InChI=1S/C16H21FN2/c1-16(2)6-3-8-19(9-7-16)12-14-5-4-13(11-18)10-15(14)17/h4-5,10H,3,6-9,12H2,1-2H3. The molecule has 0 aliphatic carbocycles. The monoisotopic (exact) mass is 260 g/mol. The van der Waals surface area contributed by atoms with Crippen LogP contribution in [0.25, 0.3) is 0 Å². The van der Waals surface area contributed by atoms with Gasteiger partial charge in [-0.3, -0.25) is 4.90 Å². The van der Waals surface area contributed by atoms with Crippen LogP contribution in [0.2, 0.25) is 0 Å². The highest BCUT2D eigenvalue weighted by Crippen LogP contribution is 2.30. The highest BCUT2D eigenvalue weighted by atomic mass is 19.1. The van der Waals surface area contributed by atoms with Crippen molar-refractivity contribution >= 4 is 0 Å². The van der Waals surface area contributed by atoms with Crippen LogP contribution in [-0.4, -0.2) is 18.0 Å². The minimum Gasteiger partial charge on any atom is -0.299 e. The summed E-state index contributed by atoms with van der Waals surface area (Å²) < 4.78 is 13.9. The Balaban J connectivity index is 2.03. The fraction of sp³-hybridized carbons (Fsp3) is 0.562. The lowest BCUT2D eigenvalue weighted by Crippen LogP contribution is -2.25. The SMILES string of the molecule is CC1(C)CCCN(Cc2ccc(C#N)cc2F)CC1. The highest BCUT2D eigenvalue weighted by molar-refractivity contribution is 5.32. The van der Waals surface area contributed by atoms with E-state index in [1.54, 1.807) is 12.1 Å². The van der Waals surface area contributed by atoms with Crippen molar-refractivity contribution in [1.29, 1.82) is 5.26 Å². The molecular weight excluding hydrogens is 239 g/mol. The average Bonchev–Trinajstić information content (AvgIpc) is 2.53. The Morgan fingerprint density at radius 1 is 1.32 bits per heavy atom. The first-order chi connectivity index (χ1) is 9.00. The van der Waals surface area contributed by atoms with Gasteiger partial charge in [0.15, 0.2) is 0 Å². The smallest absolute Gasteiger partial charge is 0.129 e. The number of nitriles is 1. The van der Waals surface area contributed by atoms with E-state index in [0.717, 1.165) is 19.5 Å². The van der Waals surface area contributed by atoms with E-state index in [2.05, 4.69) is 18.7 Å². The summed E-state index contributed by atoms with van der Waals surface area (Å²) in [7, 11) is 0. The normalized spacial score (nSPS) is 19.7. The molecule has 2 nitrogen and oxygen atoms in total. The predicted octanol–water partition coefficient (Wildman–Crippen LogP) is 3.71. The third-order valence-electron chi connectivity index (χ3n) is 4.01. The summed E-state index contributed by atoms with van der Waals surface area (Å²) in [4.78, 5) is 2.32. The lowest BCUT2D eigenvalue weighted by molar-refractivity contribution is 0.253. The van der Waals surface area contributed by atoms with Crippen LogP contribution >= 0.6 is 0 Å². The number of benzene rings is 1. The van der Waals surface area contributed by atoms with E-state index in [9.17, 15) is 4.39 Å². The quantitative estimate of drug-likeness (QED) is 0.810. The minimum absolute atomic E-state index is 0.262. The van der Waals surface area contributed by atoms with E-state index >= 15 is 0 Å². The highest BCUT2D eigenvalue weighted by Gasteiger charge is 2.23. The van der Waals surface area contributed by atoms with Crippen LogP contribution in [0.5, 0.6) is 0 Å². The molecule has 1 aromatic rings. The van der Waals surface area contributed by atoms with Crippen LogP contribution in [0.15, 0.2) is 18.2 Å². The van der Waals surface area contributed by atoms with Crippen LogP contribution in [0.4, 0.5) is 4.39 Å². The fourth-order valence-electron chi connectivity index (χ4n) is 2.62. The van der Waals surface area contributed by atoms with E-state index in [-0.39, 0.29) is 5.82 Å². The van der Waals surface area contributed by atoms with Gasteiger partial charge in [-0.15, -0.1) is 0 Å². The van der Waals surface area contributed by atoms with Gasteiger partial charge < -0.3 is 0 Å². The summed E-state index contributed by atoms with van der Waals surface area (Å²) in [5.41, 5.74) is 1.48. The van der Waals surface area contributed by atoms with Crippen molar-refractivity contribution in [2.24, 2.45) is 5.41 Å². The van der Waals surface area contributed by atoms with Gasteiger partial charge in [0.05, 0.1) is 11.6 Å². The first-order valence-electron chi connectivity index (χ1n) is 6.91. The van der Waals surface area contributed by atoms with Gasteiger partial charge in [0.2, 0.25) is 0 Å². The van der Waals surface area contributed by atoms with E-state index in [1.165, 1.54) is 18.9 Å². The second-order valence-corrected chi connectivity index (χ2v) is 6.21. The first kappa shape index (κ1) is 14.0. The van der Waals surface area contributed by atoms with Gasteiger partial charge in [0.1, 0.15) is 5.82 Å². The predicted molar refractivity (Wildman–Crippen MR) is 74.0 cm³/mol. The molecule has 0 bridgehead atoms. The maximum atomic E-state index is 13.9. The van der Waals surface area contributed by atoms with Crippen LogP contribution in [0.3, 0.4) is 0 Å². The molecule has 19 heavy (non-hydrogen) atoms. The van der Waals surface area contributed by atoms with Gasteiger partial charge in [0, 0.05) is 12.1 Å². The summed E-state index contributed by atoms with van der Waals surface area (Å²) >= 11 is 0. The summed E-state index contributed by atoms with van der Waals surface area (Å²) in [6, 6.07) is 6.73. The maximum Gasteiger partial charge on any atom is 0.129 e. The molecular formula is C16H21FN2. The molecule has 0 unspecified atom stereocenters. The third-order valence-corrected chi connectivity index (χ3v) is 4.01. The van der Waals surface area contributed by atoms with Crippen molar-refractivity contribution < 1.29 is 4.39 Å². The number of likely N-dealkylation sites (tertiary alicyclic amines) is 1. The zero-order valence-electron chi connectivity index (χ0n) is 11.7. The number of hydrogen-bond acceptors (Lipinski definition) is 2. The van der Waals surface area contributed by atoms with E-state index in [0.29, 0.717) is 23.1 Å². The fourth-order valence-corrected chi connectivity index (χ4v) is 2.62. The van der Waals surface area contributed by atoms with Crippen LogP contribution in [0, 0.1) is 22.6 Å². The molecule has 0 radical (unpaired) electrons. The number of halogens is 1. The number of hydrogen-bond donors (Lipinski definition) is 0. The summed E-state index contributed by atoms with van der Waals surface area (Å²) in [6.07, 6.45) is 3.56. The molecule has 0 amide bonds. The van der Waals surface area contributed by atoms with E-state index in [1.807, 2.05) is 6.07 Å². The molecule has 1 fully saturated rings. The molecule has 1 saturated heterocycles. The first-order valence-corrected chi connectivity index (χ1v) is 6.91. The Bertz CT molecular complexity index is 488. The maximum absolute atomic E-state index is 13.9. The molecule has 2 rings (SSSR count). The molecule has 0 N–H and O–H groups in total. The van der Waals surface area contributed by atoms with Crippen molar-refractivity contribution in [3.05, 3.63) is 35.1 Å². The van der Waals surface area contributed by atoms with E-state index in [4.69, 9.17) is 5.26 Å². The average molecular weight is 260 g/mol. The lowest BCUT2D eigenvalue weighted by atomic mass is 9.85. The number of nitrogens with zero attached hydrogens (tertiary/aromatic N) is 2. The largest absolute Gasteiger partial charge is 0.299 e. The molecule has 0 aromatic heterocycles. The Morgan fingerprint density at radius 3 is 2.79 bits per heavy atom. The molecule has 1 aliphatic rings. The van der Waals surface area contributed by atoms with Crippen LogP contribution in [-0.2, 0) is 6.54 Å². The van der Waals surface area contributed by atoms with Crippen molar-refractivity contribution in [2.45, 2.75) is 39.7 Å². The second kappa shape index (κ2) is 5.71. The molecule has 1 aliphatic heterocycles. The van der Waals surface area contributed by atoms with Gasteiger partial charge in [-0.1, -0.05) is 19.9 Å². The van der Waals surface area contributed by atoms with E-state index < -0.39 is 0 Å². The Labute approximate surface area is 114 Å². The van der Waals surface area contributed by atoms with Gasteiger partial charge in [0.25, 0.3) is 0 Å². The van der Waals surface area contributed by atoms with Gasteiger partial charge in [-0.25, -0.2) is 4.39 Å². The topological polar surface area (TPSA) is 27.0 Å². The zero-order chi connectivity index (χ0) is 13.9.